The van der Waals surface area contributed by atoms with Gasteiger partial charge in [0, 0.05) is 44.0 Å². The summed E-state index contributed by atoms with van der Waals surface area (Å²) in [5.41, 5.74) is 8.18. The van der Waals surface area contributed by atoms with Crippen LogP contribution < -0.4 is 5.56 Å². The monoisotopic (exact) mass is 601 g/mol. The van der Waals surface area contributed by atoms with Crippen molar-refractivity contribution in [1.82, 2.24) is 13.7 Å². The molecular formula is C43H27N3O. The van der Waals surface area contributed by atoms with Crippen molar-refractivity contribution in [2.24, 2.45) is 0 Å². The van der Waals surface area contributed by atoms with Crippen molar-refractivity contribution in [3.05, 3.63) is 174 Å². The zero-order valence-electron chi connectivity index (χ0n) is 25.3. The molecule has 0 bridgehead atoms. The first-order valence-electron chi connectivity index (χ1n) is 15.9. The van der Waals surface area contributed by atoms with Crippen molar-refractivity contribution in [3.63, 3.8) is 0 Å². The Morgan fingerprint density at radius 3 is 1.47 bits per heavy atom. The number of nitrogens with zero attached hydrogens (tertiary/aromatic N) is 3. The van der Waals surface area contributed by atoms with Crippen LogP contribution in [0.25, 0.3) is 82.3 Å². The lowest BCUT2D eigenvalue weighted by atomic mass is 10.00. The molecule has 0 N–H and O–H groups in total. The average Bonchev–Trinajstić information content (AvgIpc) is 3.65. The number of benzene rings is 7. The lowest BCUT2D eigenvalue weighted by Crippen LogP contribution is -2.19. The van der Waals surface area contributed by atoms with E-state index < -0.39 is 0 Å². The van der Waals surface area contributed by atoms with E-state index >= 15 is 0 Å². The molecule has 7 aromatic carbocycles. The molecule has 0 aliphatic heterocycles. The van der Waals surface area contributed by atoms with Gasteiger partial charge in [-0.2, -0.15) is 0 Å². The van der Waals surface area contributed by atoms with Crippen molar-refractivity contribution in [3.8, 4) is 17.1 Å². The number of rotatable bonds is 3. The minimum Gasteiger partial charge on any atom is -0.309 e. The highest BCUT2D eigenvalue weighted by Gasteiger charge is 2.22. The van der Waals surface area contributed by atoms with Gasteiger partial charge >= 0.3 is 0 Å². The fraction of sp³-hybridized carbons (Fsp3) is 0. The van der Waals surface area contributed by atoms with Crippen molar-refractivity contribution in [1.29, 1.82) is 0 Å². The summed E-state index contributed by atoms with van der Waals surface area (Å²) in [5.74, 6) is 0. The van der Waals surface area contributed by atoms with Crippen LogP contribution >= 0.6 is 0 Å². The van der Waals surface area contributed by atoms with E-state index in [0.717, 1.165) is 71.6 Å². The summed E-state index contributed by atoms with van der Waals surface area (Å²) in [6.45, 7) is 0. The summed E-state index contributed by atoms with van der Waals surface area (Å²) in [5, 5.41) is 7.31. The van der Waals surface area contributed by atoms with Crippen LogP contribution in [-0.4, -0.2) is 13.7 Å². The number of hydrogen-bond donors (Lipinski definition) is 0. The molecule has 4 heteroatoms. The first-order valence-corrected chi connectivity index (χ1v) is 15.9. The standard InChI is InChI=1S/C43H27N3O/c47-43-36-27-40-34(32-21-11-12-22-37(32)44(40)28-14-4-1-5-15-28)26-35(36)41-39(46(43)30-18-8-3-9-19-30)25-24-33-31-20-10-13-23-38(31)45(42(33)41)29-16-6-2-7-17-29/h1-27H. The maximum atomic E-state index is 14.9. The van der Waals surface area contributed by atoms with Crippen LogP contribution in [-0.2, 0) is 0 Å². The molecule has 3 heterocycles. The van der Waals surface area contributed by atoms with E-state index in [1.54, 1.807) is 0 Å². The van der Waals surface area contributed by atoms with Crippen molar-refractivity contribution < 1.29 is 0 Å². The molecule has 10 aromatic rings. The first-order chi connectivity index (χ1) is 23.3. The van der Waals surface area contributed by atoms with E-state index in [4.69, 9.17) is 0 Å². The minimum atomic E-state index is -0.0350. The number of para-hydroxylation sites is 5. The van der Waals surface area contributed by atoms with E-state index in [0.29, 0.717) is 5.39 Å². The quantitative estimate of drug-likeness (QED) is 0.185. The van der Waals surface area contributed by atoms with Crippen LogP contribution in [0.2, 0.25) is 0 Å². The summed E-state index contributed by atoms with van der Waals surface area (Å²) in [7, 11) is 0. The van der Waals surface area contributed by atoms with Gasteiger partial charge in [-0.05, 0) is 72.1 Å². The molecule has 3 aromatic heterocycles. The highest BCUT2D eigenvalue weighted by Crippen LogP contribution is 2.41. The van der Waals surface area contributed by atoms with Gasteiger partial charge in [0.2, 0.25) is 0 Å². The lowest BCUT2D eigenvalue weighted by molar-refractivity contribution is 1.06. The van der Waals surface area contributed by atoms with Crippen LogP contribution in [0, 0.1) is 0 Å². The molecule has 0 saturated heterocycles. The average molecular weight is 602 g/mol. The fourth-order valence-corrected chi connectivity index (χ4v) is 7.66. The third-order valence-electron chi connectivity index (χ3n) is 9.61. The highest BCUT2D eigenvalue weighted by molar-refractivity contribution is 6.27. The topological polar surface area (TPSA) is 31.9 Å². The number of fused-ring (bicyclic) bond motifs is 10. The van der Waals surface area contributed by atoms with Gasteiger partial charge in [-0.3, -0.25) is 9.36 Å². The van der Waals surface area contributed by atoms with Crippen molar-refractivity contribution >= 4 is 65.3 Å². The van der Waals surface area contributed by atoms with Crippen molar-refractivity contribution in [2.45, 2.75) is 0 Å². The normalized spacial score (nSPS) is 11.9. The Bertz CT molecular complexity index is 2900. The van der Waals surface area contributed by atoms with Crippen molar-refractivity contribution in [2.75, 3.05) is 0 Å². The number of aromatic nitrogens is 3. The predicted molar refractivity (Wildman–Crippen MR) is 196 cm³/mol. The van der Waals surface area contributed by atoms with E-state index in [-0.39, 0.29) is 5.56 Å². The molecule has 220 valence electrons. The van der Waals surface area contributed by atoms with Gasteiger partial charge in [0.25, 0.3) is 5.56 Å². The molecule has 0 radical (unpaired) electrons. The molecule has 0 amide bonds. The van der Waals surface area contributed by atoms with Gasteiger partial charge in [0.05, 0.1) is 33.0 Å². The SMILES string of the molecule is O=c1c2cc3c(cc2c2c(ccc4c5ccccc5n(-c5ccccc5)c42)n1-c1ccccc1)c1ccccc1n3-c1ccccc1. The molecule has 0 aliphatic carbocycles. The Morgan fingerprint density at radius 2 is 0.830 bits per heavy atom. The molecule has 0 spiro atoms. The number of hydrogen-bond acceptors (Lipinski definition) is 1. The third-order valence-corrected chi connectivity index (χ3v) is 9.61. The number of pyridine rings is 1. The Balaban J connectivity index is 1.50. The zero-order chi connectivity index (χ0) is 31.1. The van der Waals surface area contributed by atoms with E-state index in [1.165, 1.54) is 5.39 Å². The Labute approximate surface area is 269 Å². The molecule has 0 aliphatic rings. The van der Waals surface area contributed by atoms with Crippen LogP contribution in [0.4, 0.5) is 0 Å². The Kier molecular flexibility index (Phi) is 5.40. The molecule has 0 atom stereocenters. The lowest BCUT2D eigenvalue weighted by Gasteiger charge is -2.17. The molecule has 10 rings (SSSR count). The molecular weight excluding hydrogens is 574 g/mol. The second-order valence-electron chi connectivity index (χ2n) is 12.1. The predicted octanol–water partition coefficient (Wildman–Crippen LogP) is 10.3. The summed E-state index contributed by atoms with van der Waals surface area (Å²) in [6, 6.07) is 56.8. The van der Waals surface area contributed by atoms with Gasteiger partial charge in [-0.15, -0.1) is 0 Å². The van der Waals surface area contributed by atoms with Crippen LogP contribution in [0.15, 0.2) is 169 Å². The summed E-state index contributed by atoms with van der Waals surface area (Å²) in [6.07, 6.45) is 0. The molecule has 0 saturated carbocycles. The smallest absolute Gasteiger partial charge is 0.263 e. The van der Waals surface area contributed by atoms with Gasteiger partial charge < -0.3 is 9.13 Å². The third kappa shape index (κ3) is 3.61. The minimum absolute atomic E-state index is 0.0350. The van der Waals surface area contributed by atoms with Gasteiger partial charge in [-0.1, -0.05) is 97.1 Å². The maximum absolute atomic E-state index is 14.9. The van der Waals surface area contributed by atoms with Crippen LogP contribution in [0.3, 0.4) is 0 Å². The summed E-state index contributed by atoms with van der Waals surface area (Å²) in [4.78, 5) is 14.9. The van der Waals surface area contributed by atoms with Gasteiger partial charge in [-0.25, -0.2) is 0 Å². The maximum Gasteiger partial charge on any atom is 0.263 e. The summed E-state index contributed by atoms with van der Waals surface area (Å²) >= 11 is 0. The zero-order valence-corrected chi connectivity index (χ0v) is 25.3. The van der Waals surface area contributed by atoms with E-state index in [9.17, 15) is 4.79 Å². The molecule has 0 fully saturated rings. The second kappa shape index (κ2) is 9.80. The Hall–Kier alpha value is -6.39. The van der Waals surface area contributed by atoms with Gasteiger partial charge in [0.15, 0.2) is 0 Å². The van der Waals surface area contributed by atoms with E-state index in [2.05, 4.69) is 137 Å². The van der Waals surface area contributed by atoms with Gasteiger partial charge in [0.1, 0.15) is 0 Å². The second-order valence-corrected chi connectivity index (χ2v) is 12.1. The fourth-order valence-electron chi connectivity index (χ4n) is 7.66. The largest absolute Gasteiger partial charge is 0.309 e. The first kappa shape index (κ1) is 25.9. The molecule has 0 unspecified atom stereocenters. The highest BCUT2D eigenvalue weighted by atomic mass is 16.1. The van der Waals surface area contributed by atoms with Crippen LogP contribution in [0.5, 0.6) is 0 Å². The molecule has 4 nitrogen and oxygen atoms in total. The van der Waals surface area contributed by atoms with Crippen LogP contribution in [0.1, 0.15) is 0 Å². The summed E-state index contributed by atoms with van der Waals surface area (Å²) < 4.78 is 6.54. The Morgan fingerprint density at radius 1 is 0.319 bits per heavy atom. The van der Waals surface area contributed by atoms with E-state index in [1.807, 2.05) is 41.0 Å². The molecule has 47 heavy (non-hydrogen) atoms.